The Bertz CT molecular complexity index is 620. The molecule has 1 aliphatic rings. The van der Waals surface area contributed by atoms with Crippen molar-refractivity contribution in [3.8, 4) is 0 Å². The minimum atomic E-state index is -0.257. The molecule has 1 saturated carbocycles. The Kier molecular flexibility index (Phi) is 5.13. The molecule has 2 N–H and O–H groups in total. The topological polar surface area (TPSA) is 49.3 Å². The van der Waals surface area contributed by atoms with E-state index in [-0.39, 0.29) is 17.9 Å². The fraction of sp³-hybridized carbons (Fsp3) is 0.421. The van der Waals surface area contributed by atoms with E-state index in [1.165, 1.54) is 10.4 Å². The second-order valence-corrected chi connectivity index (χ2v) is 7.17. The van der Waals surface area contributed by atoms with Gasteiger partial charge in [0.2, 0.25) is 5.91 Å². The van der Waals surface area contributed by atoms with Crippen molar-refractivity contribution in [2.75, 3.05) is 13.2 Å². The summed E-state index contributed by atoms with van der Waals surface area (Å²) in [5, 5.41) is 14.4. The van der Waals surface area contributed by atoms with Crippen LogP contribution in [-0.2, 0) is 10.2 Å². The highest BCUT2D eigenvalue weighted by Gasteiger charge is 2.51. The molecule has 23 heavy (non-hydrogen) atoms. The summed E-state index contributed by atoms with van der Waals surface area (Å²) in [6.45, 7) is 0.832. The molecule has 1 aromatic carbocycles. The van der Waals surface area contributed by atoms with Gasteiger partial charge in [0.1, 0.15) is 0 Å². The van der Waals surface area contributed by atoms with Crippen LogP contribution in [0.3, 0.4) is 0 Å². The van der Waals surface area contributed by atoms with Crippen LogP contribution in [0.5, 0.6) is 0 Å². The highest BCUT2D eigenvalue weighted by Crippen LogP contribution is 2.50. The van der Waals surface area contributed by atoms with Gasteiger partial charge in [0.15, 0.2) is 0 Å². The van der Waals surface area contributed by atoms with Gasteiger partial charge in [-0.05, 0) is 48.6 Å². The molecule has 0 radical (unpaired) electrons. The number of thiophene rings is 1. The van der Waals surface area contributed by atoms with Crippen LogP contribution in [0, 0.1) is 0 Å². The molecule has 0 bridgehead atoms. The van der Waals surface area contributed by atoms with E-state index >= 15 is 0 Å². The van der Waals surface area contributed by atoms with Gasteiger partial charge in [-0.3, -0.25) is 4.79 Å². The van der Waals surface area contributed by atoms with Gasteiger partial charge >= 0.3 is 0 Å². The van der Waals surface area contributed by atoms with Crippen molar-refractivity contribution in [2.45, 2.75) is 37.0 Å². The van der Waals surface area contributed by atoms with Crippen molar-refractivity contribution in [1.82, 2.24) is 5.32 Å². The molecular weight excluding hydrogens is 306 g/mol. The van der Waals surface area contributed by atoms with Crippen molar-refractivity contribution in [1.29, 1.82) is 0 Å². The molecule has 0 saturated heterocycles. The maximum absolute atomic E-state index is 12.5. The fourth-order valence-electron chi connectivity index (χ4n) is 3.15. The lowest BCUT2D eigenvalue weighted by Gasteiger charge is -2.18. The molecule has 1 heterocycles. The highest BCUT2D eigenvalue weighted by atomic mass is 32.1. The van der Waals surface area contributed by atoms with Gasteiger partial charge in [0, 0.05) is 18.0 Å². The van der Waals surface area contributed by atoms with Crippen LogP contribution < -0.4 is 5.32 Å². The van der Waals surface area contributed by atoms with Gasteiger partial charge in [-0.1, -0.05) is 36.4 Å². The van der Waals surface area contributed by atoms with E-state index in [2.05, 4.69) is 23.5 Å². The van der Waals surface area contributed by atoms with Gasteiger partial charge in [-0.2, -0.15) is 0 Å². The molecule has 4 heteroatoms. The van der Waals surface area contributed by atoms with Crippen LogP contribution in [0.4, 0.5) is 0 Å². The van der Waals surface area contributed by atoms with E-state index in [4.69, 9.17) is 0 Å². The number of carbonyl (C=O) groups is 1. The SMILES string of the molecule is O=C(NCCC(CCO)c1ccccc1)C1(c2cccs2)CC1. The Balaban J connectivity index is 1.55. The van der Waals surface area contributed by atoms with Gasteiger partial charge in [0.05, 0.1) is 5.41 Å². The Morgan fingerprint density at radius 3 is 2.57 bits per heavy atom. The lowest BCUT2D eigenvalue weighted by Crippen LogP contribution is -2.35. The molecule has 1 amide bonds. The molecule has 3 rings (SSSR count). The second kappa shape index (κ2) is 7.28. The lowest BCUT2D eigenvalue weighted by atomic mass is 9.92. The number of rotatable bonds is 8. The first-order chi connectivity index (χ1) is 11.3. The second-order valence-electron chi connectivity index (χ2n) is 6.22. The summed E-state index contributed by atoms with van der Waals surface area (Å²) >= 11 is 1.67. The molecular formula is C19H23NO2S. The van der Waals surface area contributed by atoms with Crippen molar-refractivity contribution < 1.29 is 9.90 Å². The molecule has 3 nitrogen and oxygen atoms in total. The van der Waals surface area contributed by atoms with E-state index in [9.17, 15) is 9.90 Å². The number of aliphatic hydroxyl groups is 1. The average Bonchev–Trinajstić information content (AvgIpc) is 3.21. The third-order valence-electron chi connectivity index (χ3n) is 4.70. The summed E-state index contributed by atoms with van der Waals surface area (Å²) in [4.78, 5) is 13.7. The summed E-state index contributed by atoms with van der Waals surface area (Å²) in [7, 11) is 0. The van der Waals surface area contributed by atoms with E-state index in [1.807, 2.05) is 29.6 Å². The van der Waals surface area contributed by atoms with Crippen molar-refractivity contribution in [3.63, 3.8) is 0 Å². The van der Waals surface area contributed by atoms with Gasteiger partial charge in [-0.15, -0.1) is 11.3 Å². The Hall–Kier alpha value is -1.65. The molecule has 2 aromatic rings. The third kappa shape index (κ3) is 3.65. The summed E-state index contributed by atoms with van der Waals surface area (Å²) in [5.74, 6) is 0.453. The fourth-order valence-corrected chi connectivity index (χ4v) is 4.13. The predicted octanol–water partition coefficient (Wildman–Crippen LogP) is 3.45. The highest BCUT2D eigenvalue weighted by molar-refractivity contribution is 7.10. The number of amides is 1. The summed E-state index contributed by atoms with van der Waals surface area (Å²) in [6, 6.07) is 14.3. The van der Waals surface area contributed by atoms with Gasteiger partial charge in [-0.25, -0.2) is 0 Å². The maximum Gasteiger partial charge on any atom is 0.231 e. The first kappa shape index (κ1) is 16.2. The summed E-state index contributed by atoms with van der Waals surface area (Å²) in [5.41, 5.74) is 0.975. The number of hydrogen-bond donors (Lipinski definition) is 2. The Morgan fingerprint density at radius 1 is 1.17 bits per heavy atom. The van der Waals surface area contributed by atoms with Crippen LogP contribution in [0.25, 0.3) is 0 Å². The minimum Gasteiger partial charge on any atom is -0.396 e. The summed E-state index contributed by atoms with van der Waals surface area (Å²) < 4.78 is 0. The largest absolute Gasteiger partial charge is 0.396 e. The molecule has 1 unspecified atom stereocenters. The quantitative estimate of drug-likeness (QED) is 0.779. The van der Waals surface area contributed by atoms with Gasteiger partial charge in [0.25, 0.3) is 0 Å². The minimum absolute atomic E-state index is 0.163. The van der Waals surface area contributed by atoms with Crippen LogP contribution in [-0.4, -0.2) is 24.2 Å². The zero-order chi connectivity index (χ0) is 16.1. The zero-order valence-electron chi connectivity index (χ0n) is 13.2. The Labute approximate surface area is 141 Å². The first-order valence-electron chi connectivity index (χ1n) is 8.24. The van der Waals surface area contributed by atoms with Crippen molar-refractivity contribution in [3.05, 3.63) is 58.3 Å². The molecule has 1 aliphatic carbocycles. The average molecular weight is 329 g/mol. The van der Waals surface area contributed by atoms with E-state index < -0.39 is 0 Å². The van der Waals surface area contributed by atoms with E-state index in [1.54, 1.807) is 11.3 Å². The molecule has 0 spiro atoms. The molecule has 1 fully saturated rings. The number of hydrogen-bond acceptors (Lipinski definition) is 3. The smallest absolute Gasteiger partial charge is 0.231 e. The third-order valence-corrected chi connectivity index (χ3v) is 5.78. The summed E-state index contributed by atoms with van der Waals surface area (Å²) in [6.07, 6.45) is 3.50. The van der Waals surface area contributed by atoms with E-state index in [0.29, 0.717) is 12.5 Å². The standard InChI is InChI=1S/C19H23NO2S/c21-13-9-16(15-5-2-1-3-6-15)8-12-20-18(22)19(10-11-19)17-7-4-14-23-17/h1-7,14,16,21H,8-13H2,(H,20,22). The molecule has 1 aromatic heterocycles. The van der Waals surface area contributed by atoms with Crippen molar-refractivity contribution in [2.24, 2.45) is 0 Å². The predicted molar refractivity (Wildman–Crippen MR) is 93.7 cm³/mol. The normalized spacial score (nSPS) is 16.7. The number of aliphatic hydroxyl groups excluding tert-OH is 1. The lowest BCUT2D eigenvalue weighted by molar-refractivity contribution is -0.123. The number of carbonyl (C=O) groups excluding carboxylic acids is 1. The first-order valence-corrected chi connectivity index (χ1v) is 9.12. The monoisotopic (exact) mass is 329 g/mol. The number of benzene rings is 1. The zero-order valence-corrected chi connectivity index (χ0v) is 14.0. The molecule has 0 aliphatic heterocycles. The Morgan fingerprint density at radius 2 is 1.96 bits per heavy atom. The molecule has 122 valence electrons. The van der Waals surface area contributed by atoms with Crippen molar-refractivity contribution >= 4 is 17.2 Å². The van der Waals surface area contributed by atoms with Crippen LogP contribution >= 0.6 is 11.3 Å². The van der Waals surface area contributed by atoms with Crippen LogP contribution in [0.15, 0.2) is 47.8 Å². The van der Waals surface area contributed by atoms with Crippen LogP contribution in [0.2, 0.25) is 0 Å². The maximum atomic E-state index is 12.5. The van der Waals surface area contributed by atoms with E-state index in [0.717, 1.165) is 25.7 Å². The van der Waals surface area contributed by atoms with Crippen LogP contribution in [0.1, 0.15) is 42.0 Å². The number of nitrogens with one attached hydrogen (secondary N) is 1. The van der Waals surface area contributed by atoms with Gasteiger partial charge < -0.3 is 10.4 Å². The molecule has 1 atom stereocenters.